The molecular weight excluding hydrogens is 202 g/mol. The number of nitrogens with zero attached hydrogens (tertiary/aromatic N) is 2. The van der Waals surface area contributed by atoms with Gasteiger partial charge in [0.25, 0.3) is 0 Å². The minimum atomic E-state index is 0.669. The Kier molecular flexibility index (Phi) is 3.33. The molecule has 0 saturated carbocycles. The fourth-order valence-electron chi connectivity index (χ4n) is 1.43. The molecule has 16 heavy (non-hydrogen) atoms. The third-order valence-corrected chi connectivity index (χ3v) is 2.22. The Morgan fingerprint density at radius 3 is 2.88 bits per heavy atom. The number of hydrogen-bond acceptors (Lipinski definition) is 4. The van der Waals surface area contributed by atoms with Gasteiger partial charge in [0.15, 0.2) is 0 Å². The van der Waals surface area contributed by atoms with Gasteiger partial charge in [0.05, 0.1) is 13.3 Å². The van der Waals surface area contributed by atoms with Crippen molar-refractivity contribution in [1.82, 2.24) is 9.97 Å². The van der Waals surface area contributed by atoms with Gasteiger partial charge in [0.2, 0.25) is 0 Å². The molecule has 0 radical (unpaired) electrons. The van der Waals surface area contributed by atoms with Gasteiger partial charge in [-0.25, -0.2) is 4.98 Å². The quantitative estimate of drug-likeness (QED) is 0.848. The average molecular weight is 215 g/mol. The Labute approximate surface area is 94.3 Å². The third kappa shape index (κ3) is 2.48. The summed E-state index contributed by atoms with van der Waals surface area (Å²) in [6, 6.07) is 7.89. The van der Waals surface area contributed by atoms with E-state index in [0.717, 1.165) is 17.1 Å². The van der Waals surface area contributed by atoms with Crippen molar-refractivity contribution >= 4 is 5.82 Å². The van der Waals surface area contributed by atoms with Crippen molar-refractivity contribution in [2.75, 3.05) is 12.4 Å². The highest BCUT2D eigenvalue weighted by Crippen LogP contribution is 2.17. The van der Waals surface area contributed by atoms with Gasteiger partial charge >= 0.3 is 0 Å². The summed E-state index contributed by atoms with van der Waals surface area (Å²) < 4.78 is 5.26. The number of aromatic nitrogens is 2. The second-order valence-corrected chi connectivity index (χ2v) is 3.26. The van der Waals surface area contributed by atoms with E-state index in [9.17, 15) is 0 Å². The Morgan fingerprint density at radius 2 is 2.12 bits per heavy atom. The number of hydrogen-bond donors (Lipinski definition) is 1. The van der Waals surface area contributed by atoms with E-state index in [0.29, 0.717) is 6.54 Å². The molecule has 4 nitrogen and oxygen atoms in total. The van der Waals surface area contributed by atoms with Gasteiger partial charge in [0.1, 0.15) is 11.6 Å². The first-order chi connectivity index (χ1) is 7.90. The minimum Gasteiger partial charge on any atom is -0.496 e. The van der Waals surface area contributed by atoms with Crippen molar-refractivity contribution in [2.24, 2.45) is 0 Å². The first kappa shape index (κ1) is 10.4. The topological polar surface area (TPSA) is 47.0 Å². The number of anilines is 1. The monoisotopic (exact) mass is 215 g/mol. The lowest BCUT2D eigenvalue weighted by Crippen LogP contribution is -2.03. The molecule has 1 heterocycles. The lowest BCUT2D eigenvalue weighted by molar-refractivity contribution is 0.410. The van der Waals surface area contributed by atoms with Crippen LogP contribution < -0.4 is 10.1 Å². The standard InChI is InChI=1S/C12H13N3O/c1-16-11-5-3-2-4-10(11)8-15-12-9-13-6-7-14-12/h2-7,9H,8H2,1H3,(H,14,15). The molecule has 4 heteroatoms. The zero-order valence-corrected chi connectivity index (χ0v) is 9.05. The highest BCUT2D eigenvalue weighted by molar-refractivity contribution is 5.38. The molecule has 0 bridgehead atoms. The van der Waals surface area contributed by atoms with Gasteiger partial charge < -0.3 is 10.1 Å². The maximum absolute atomic E-state index is 5.26. The van der Waals surface area contributed by atoms with Crippen LogP contribution in [0.1, 0.15) is 5.56 Å². The largest absolute Gasteiger partial charge is 0.496 e. The molecule has 0 fully saturated rings. The van der Waals surface area contributed by atoms with Gasteiger partial charge in [-0.15, -0.1) is 0 Å². The van der Waals surface area contributed by atoms with Gasteiger partial charge in [-0.05, 0) is 6.07 Å². The predicted octanol–water partition coefficient (Wildman–Crippen LogP) is 2.10. The Bertz CT molecular complexity index is 445. The van der Waals surface area contributed by atoms with Crippen LogP contribution >= 0.6 is 0 Å². The van der Waals surface area contributed by atoms with Crippen LogP contribution in [0.15, 0.2) is 42.9 Å². The molecule has 0 aliphatic carbocycles. The van der Waals surface area contributed by atoms with Crippen LogP contribution in [-0.4, -0.2) is 17.1 Å². The first-order valence-corrected chi connectivity index (χ1v) is 5.02. The van der Waals surface area contributed by atoms with Crippen LogP contribution in [0.2, 0.25) is 0 Å². The Morgan fingerprint density at radius 1 is 1.25 bits per heavy atom. The van der Waals surface area contributed by atoms with E-state index in [4.69, 9.17) is 4.74 Å². The van der Waals surface area contributed by atoms with E-state index in [1.54, 1.807) is 25.7 Å². The van der Waals surface area contributed by atoms with Crippen LogP contribution in [0.25, 0.3) is 0 Å². The molecule has 82 valence electrons. The highest BCUT2D eigenvalue weighted by atomic mass is 16.5. The number of methoxy groups -OCH3 is 1. The van der Waals surface area contributed by atoms with E-state index in [1.165, 1.54) is 0 Å². The van der Waals surface area contributed by atoms with Gasteiger partial charge in [-0.3, -0.25) is 4.98 Å². The van der Waals surface area contributed by atoms with Crippen LogP contribution in [0.3, 0.4) is 0 Å². The van der Waals surface area contributed by atoms with E-state index >= 15 is 0 Å². The molecule has 0 unspecified atom stereocenters. The smallest absolute Gasteiger partial charge is 0.144 e. The molecule has 2 rings (SSSR count). The number of rotatable bonds is 4. The summed E-state index contributed by atoms with van der Waals surface area (Å²) in [6.07, 6.45) is 4.99. The van der Waals surface area contributed by atoms with E-state index in [2.05, 4.69) is 15.3 Å². The van der Waals surface area contributed by atoms with Crippen molar-refractivity contribution in [3.63, 3.8) is 0 Å². The van der Waals surface area contributed by atoms with Crippen molar-refractivity contribution in [1.29, 1.82) is 0 Å². The normalized spacial score (nSPS) is 9.81. The summed E-state index contributed by atoms with van der Waals surface area (Å²) in [5, 5.41) is 3.18. The van der Waals surface area contributed by atoms with Gasteiger partial charge in [-0.2, -0.15) is 0 Å². The summed E-state index contributed by atoms with van der Waals surface area (Å²) in [7, 11) is 1.67. The van der Waals surface area contributed by atoms with Crippen molar-refractivity contribution < 1.29 is 4.74 Å². The molecule has 2 aromatic rings. The molecule has 0 amide bonds. The molecule has 0 saturated heterocycles. The molecule has 1 aromatic heterocycles. The Hall–Kier alpha value is -2.10. The second kappa shape index (κ2) is 5.11. The van der Waals surface area contributed by atoms with E-state index in [1.807, 2.05) is 24.3 Å². The SMILES string of the molecule is COc1ccccc1CNc1cnccn1. The molecule has 1 N–H and O–H groups in total. The van der Waals surface area contributed by atoms with E-state index in [-0.39, 0.29) is 0 Å². The van der Waals surface area contributed by atoms with Crippen LogP contribution in [-0.2, 0) is 6.54 Å². The summed E-state index contributed by atoms with van der Waals surface area (Å²) in [5.41, 5.74) is 1.09. The summed E-state index contributed by atoms with van der Waals surface area (Å²) >= 11 is 0. The molecule has 1 aromatic carbocycles. The number of nitrogens with one attached hydrogen (secondary N) is 1. The van der Waals surface area contributed by atoms with Crippen molar-refractivity contribution in [2.45, 2.75) is 6.54 Å². The van der Waals surface area contributed by atoms with Crippen molar-refractivity contribution in [3.8, 4) is 5.75 Å². The van der Waals surface area contributed by atoms with Crippen LogP contribution in [0, 0.1) is 0 Å². The highest BCUT2D eigenvalue weighted by Gasteiger charge is 2.01. The predicted molar refractivity (Wildman–Crippen MR) is 62.4 cm³/mol. The maximum atomic E-state index is 5.26. The summed E-state index contributed by atoms with van der Waals surface area (Å²) in [4.78, 5) is 8.12. The second-order valence-electron chi connectivity index (χ2n) is 3.26. The number of ether oxygens (including phenoxy) is 1. The van der Waals surface area contributed by atoms with Crippen LogP contribution in [0.4, 0.5) is 5.82 Å². The molecule has 0 spiro atoms. The zero-order valence-electron chi connectivity index (χ0n) is 9.05. The molecule has 0 aliphatic heterocycles. The van der Waals surface area contributed by atoms with E-state index < -0.39 is 0 Å². The lowest BCUT2D eigenvalue weighted by atomic mass is 10.2. The fraction of sp³-hybridized carbons (Fsp3) is 0.167. The summed E-state index contributed by atoms with van der Waals surface area (Å²) in [5.74, 6) is 1.63. The lowest BCUT2D eigenvalue weighted by Gasteiger charge is -2.09. The Balaban J connectivity index is 2.05. The average Bonchev–Trinajstić information content (AvgIpc) is 2.38. The molecular formula is C12H13N3O. The van der Waals surface area contributed by atoms with Crippen molar-refractivity contribution in [3.05, 3.63) is 48.4 Å². The fourth-order valence-corrected chi connectivity index (χ4v) is 1.43. The maximum Gasteiger partial charge on any atom is 0.144 e. The van der Waals surface area contributed by atoms with Crippen LogP contribution in [0.5, 0.6) is 5.75 Å². The van der Waals surface area contributed by atoms with Gasteiger partial charge in [-0.1, -0.05) is 18.2 Å². The summed E-state index contributed by atoms with van der Waals surface area (Å²) in [6.45, 7) is 0.669. The zero-order chi connectivity index (χ0) is 11.2. The minimum absolute atomic E-state index is 0.669. The third-order valence-electron chi connectivity index (χ3n) is 2.22. The molecule has 0 aliphatic rings. The first-order valence-electron chi connectivity index (χ1n) is 5.02. The molecule has 0 atom stereocenters. The van der Waals surface area contributed by atoms with Gasteiger partial charge in [0, 0.05) is 24.5 Å². The number of benzene rings is 1. The number of para-hydroxylation sites is 1.